The molecule has 1 aliphatic heterocycles. The molecule has 0 spiro atoms. The molecule has 1 N–H and O–H groups in total. The van der Waals surface area contributed by atoms with E-state index in [1.165, 1.54) is 18.3 Å². The molecule has 1 aliphatic rings. The second-order valence-corrected chi connectivity index (χ2v) is 8.84. The van der Waals surface area contributed by atoms with Crippen LogP contribution < -0.4 is 10.0 Å². The van der Waals surface area contributed by atoms with Crippen LogP contribution in [0.15, 0.2) is 90.3 Å². The zero-order valence-corrected chi connectivity index (χ0v) is 20.3. The summed E-state index contributed by atoms with van der Waals surface area (Å²) in [5, 5.41) is 29.0. The Morgan fingerprint density at radius 2 is 1.95 bits per heavy atom. The lowest BCUT2D eigenvalue weighted by atomic mass is 9.93. The fourth-order valence-electron chi connectivity index (χ4n) is 4.31. The maximum atomic E-state index is 13.3. The van der Waals surface area contributed by atoms with Crippen LogP contribution in [0.3, 0.4) is 0 Å². The molecule has 0 aliphatic carbocycles. The van der Waals surface area contributed by atoms with Gasteiger partial charge in [0.2, 0.25) is 11.8 Å². The monoisotopic (exact) mass is 507 g/mol. The molecule has 4 aromatic rings. The lowest BCUT2D eigenvalue weighted by Crippen LogP contribution is -2.32. The van der Waals surface area contributed by atoms with Gasteiger partial charge < -0.3 is 15.4 Å². The Kier molecular flexibility index (Phi) is 6.78. The number of halogens is 1. The minimum absolute atomic E-state index is 0.326. The Morgan fingerprint density at radius 1 is 1.16 bits per heavy atom. The fourth-order valence-corrected chi connectivity index (χ4v) is 4.31. The van der Waals surface area contributed by atoms with Gasteiger partial charge in [0.05, 0.1) is 35.3 Å². The number of oxime groups is 1. The van der Waals surface area contributed by atoms with Crippen LogP contribution in [0.5, 0.6) is 0 Å². The van der Waals surface area contributed by atoms with Gasteiger partial charge in [0, 0.05) is 29.7 Å². The fraction of sp³-hybridized carbons (Fsp3) is 0.138. The molecule has 2 aromatic carbocycles. The molecule has 0 radical (unpaired) electrons. The Hall–Kier alpha value is -5.10. The summed E-state index contributed by atoms with van der Waals surface area (Å²) in [5.41, 5.74) is 4.24. The number of nitrogens with one attached hydrogen (secondary N) is 1. The quantitative estimate of drug-likeness (QED) is 0.299. The van der Waals surface area contributed by atoms with Crippen molar-refractivity contribution >= 4 is 11.6 Å². The minimum atomic E-state index is -0.569. The highest BCUT2D eigenvalue weighted by atomic mass is 19.1. The SMILES string of the molecule is C[C@@H](NC(=O)c1cc(C2=NOC(c3cccc[n+]3[O-])C2)cc(-c2ccccc2C#N)c1)c1ccc(F)cn1. The zero-order valence-electron chi connectivity index (χ0n) is 20.3. The zero-order chi connectivity index (χ0) is 26.6. The van der Waals surface area contributed by atoms with Gasteiger partial charge in [-0.25, -0.2) is 4.39 Å². The summed E-state index contributed by atoms with van der Waals surface area (Å²) in [4.78, 5) is 23.0. The summed E-state index contributed by atoms with van der Waals surface area (Å²) in [5.74, 6) is -0.839. The van der Waals surface area contributed by atoms with Crippen LogP contribution in [0.1, 0.15) is 58.4 Å². The summed E-state index contributed by atoms with van der Waals surface area (Å²) < 4.78 is 14.0. The number of nitrogens with zero attached hydrogens (tertiary/aromatic N) is 4. The smallest absolute Gasteiger partial charge is 0.251 e. The Bertz CT molecular complexity index is 1580. The van der Waals surface area contributed by atoms with E-state index in [2.05, 4.69) is 21.5 Å². The predicted octanol–water partition coefficient (Wildman–Crippen LogP) is 4.75. The van der Waals surface area contributed by atoms with Crippen LogP contribution in [0, 0.1) is 22.4 Å². The molecule has 9 heteroatoms. The lowest BCUT2D eigenvalue weighted by Gasteiger charge is -2.15. The van der Waals surface area contributed by atoms with E-state index in [1.54, 1.807) is 49.4 Å². The predicted molar refractivity (Wildman–Crippen MR) is 137 cm³/mol. The number of hydrogen-bond donors (Lipinski definition) is 1. The van der Waals surface area contributed by atoms with Crippen molar-refractivity contribution in [1.82, 2.24) is 10.3 Å². The molecule has 1 amide bonds. The number of benzene rings is 2. The molecule has 3 heterocycles. The molecule has 2 aromatic heterocycles. The van der Waals surface area contributed by atoms with E-state index >= 15 is 0 Å². The van der Waals surface area contributed by atoms with Crippen molar-refractivity contribution in [3.8, 4) is 17.2 Å². The molecule has 8 nitrogen and oxygen atoms in total. The molecule has 2 atom stereocenters. The van der Waals surface area contributed by atoms with E-state index in [0.29, 0.717) is 51.3 Å². The van der Waals surface area contributed by atoms with E-state index in [-0.39, 0.29) is 5.91 Å². The Balaban J connectivity index is 1.49. The number of nitriles is 1. The lowest BCUT2D eigenvalue weighted by molar-refractivity contribution is -0.618. The number of hydrogen-bond acceptors (Lipinski definition) is 6. The normalized spacial score (nSPS) is 15.2. The van der Waals surface area contributed by atoms with E-state index < -0.39 is 18.0 Å². The van der Waals surface area contributed by atoms with E-state index in [0.717, 1.165) is 10.9 Å². The third kappa shape index (κ3) is 5.06. The van der Waals surface area contributed by atoms with Crippen molar-refractivity contribution in [2.24, 2.45) is 5.16 Å². The van der Waals surface area contributed by atoms with Crippen molar-refractivity contribution in [2.75, 3.05) is 0 Å². The molecule has 0 saturated heterocycles. The van der Waals surface area contributed by atoms with Crippen LogP contribution in [-0.4, -0.2) is 16.6 Å². The van der Waals surface area contributed by atoms with Gasteiger partial charge in [0.1, 0.15) is 5.82 Å². The standard InChI is InChI=1S/C29H22FN5O3/c1-18(25-10-9-23(30)17-32-25)33-29(36)22-13-20(24-7-3-2-6-19(24)16-31)12-21(14-22)26-15-28(38-34-26)27-8-4-5-11-35(27)37/h2-14,17-18,28H,15H2,1H3,(H,33,36)/t18-,28?/m1/s1. The van der Waals surface area contributed by atoms with Crippen LogP contribution in [0.2, 0.25) is 0 Å². The molecular formula is C29H22FN5O3. The highest BCUT2D eigenvalue weighted by molar-refractivity contribution is 6.05. The number of pyridine rings is 2. The molecule has 188 valence electrons. The topological polar surface area (TPSA) is 114 Å². The maximum absolute atomic E-state index is 13.3. The molecule has 0 bridgehead atoms. The summed E-state index contributed by atoms with van der Waals surface area (Å²) in [6, 6.07) is 21.9. The second-order valence-electron chi connectivity index (χ2n) is 8.84. The molecule has 5 rings (SSSR count). The van der Waals surface area contributed by atoms with Crippen molar-refractivity contribution in [3.63, 3.8) is 0 Å². The van der Waals surface area contributed by atoms with Crippen molar-refractivity contribution < 1.29 is 18.8 Å². The van der Waals surface area contributed by atoms with E-state index in [9.17, 15) is 19.7 Å². The van der Waals surface area contributed by atoms with E-state index in [1.807, 2.05) is 18.2 Å². The van der Waals surface area contributed by atoms with Gasteiger partial charge in [0.15, 0.2) is 6.20 Å². The Labute approximate surface area is 218 Å². The molecule has 0 saturated carbocycles. The summed E-state index contributed by atoms with van der Waals surface area (Å²) in [6.07, 6.45) is 2.26. The Morgan fingerprint density at radius 3 is 2.71 bits per heavy atom. The van der Waals surface area contributed by atoms with Crippen LogP contribution in [0.4, 0.5) is 4.39 Å². The molecule has 1 unspecified atom stereocenters. The van der Waals surface area contributed by atoms with Crippen LogP contribution >= 0.6 is 0 Å². The molecule has 38 heavy (non-hydrogen) atoms. The number of carbonyl (C=O) groups is 1. The average molecular weight is 508 g/mol. The first kappa shape index (κ1) is 24.6. The first-order chi connectivity index (χ1) is 18.4. The number of amides is 1. The van der Waals surface area contributed by atoms with Crippen LogP contribution in [0.25, 0.3) is 11.1 Å². The van der Waals surface area contributed by atoms with E-state index in [4.69, 9.17) is 4.84 Å². The average Bonchev–Trinajstić information content (AvgIpc) is 3.43. The van der Waals surface area contributed by atoms with Crippen molar-refractivity contribution in [2.45, 2.75) is 25.5 Å². The van der Waals surface area contributed by atoms with Crippen molar-refractivity contribution in [3.05, 3.63) is 124 Å². The molecule has 0 fully saturated rings. The van der Waals surface area contributed by atoms with Gasteiger partial charge in [-0.15, -0.1) is 0 Å². The minimum Gasteiger partial charge on any atom is -0.618 e. The third-order valence-corrected chi connectivity index (χ3v) is 6.28. The highest BCUT2D eigenvalue weighted by Crippen LogP contribution is 2.31. The van der Waals surface area contributed by atoms with Gasteiger partial charge >= 0.3 is 0 Å². The number of carbonyl (C=O) groups excluding carboxylic acids is 1. The number of aromatic nitrogens is 2. The third-order valence-electron chi connectivity index (χ3n) is 6.28. The largest absolute Gasteiger partial charge is 0.618 e. The molecular weight excluding hydrogens is 485 g/mol. The van der Waals surface area contributed by atoms with Crippen molar-refractivity contribution in [1.29, 1.82) is 5.26 Å². The van der Waals surface area contributed by atoms with Gasteiger partial charge in [-0.05, 0) is 60.5 Å². The first-order valence-electron chi connectivity index (χ1n) is 11.9. The van der Waals surface area contributed by atoms with Gasteiger partial charge in [0.25, 0.3) is 5.91 Å². The number of rotatable bonds is 6. The van der Waals surface area contributed by atoms with Gasteiger partial charge in [-0.1, -0.05) is 23.4 Å². The van der Waals surface area contributed by atoms with Crippen LogP contribution in [-0.2, 0) is 4.84 Å². The summed E-state index contributed by atoms with van der Waals surface area (Å²) in [6.45, 7) is 1.76. The first-order valence-corrected chi connectivity index (χ1v) is 11.9. The summed E-state index contributed by atoms with van der Waals surface area (Å²) >= 11 is 0. The van der Waals surface area contributed by atoms with Gasteiger partial charge in [-0.3, -0.25) is 9.78 Å². The maximum Gasteiger partial charge on any atom is 0.251 e. The second kappa shape index (κ2) is 10.5. The highest BCUT2D eigenvalue weighted by Gasteiger charge is 2.30. The van der Waals surface area contributed by atoms with Gasteiger partial charge in [-0.2, -0.15) is 9.99 Å². The summed E-state index contributed by atoms with van der Waals surface area (Å²) in [7, 11) is 0.